The zero-order valence-electron chi connectivity index (χ0n) is 15.1. The van der Waals surface area contributed by atoms with E-state index in [4.69, 9.17) is 0 Å². The van der Waals surface area contributed by atoms with Crippen molar-refractivity contribution >= 4 is 16.8 Å². The van der Waals surface area contributed by atoms with Gasteiger partial charge in [-0.2, -0.15) is 0 Å². The number of amides is 1. The van der Waals surface area contributed by atoms with Gasteiger partial charge in [-0.1, -0.05) is 19.1 Å². The molecule has 0 bridgehead atoms. The molecule has 0 aliphatic rings. The molecule has 0 spiro atoms. The quantitative estimate of drug-likeness (QED) is 0.749. The summed E-state index contributed by atoms with van der Waals surface area (Å²) >= 11 is 0. The number of carbonyl (C=O) groups is 1. The molecule has 3 aromatic rings. The van der Waals surface area contributed by atoms with Gasteiger partial charge in [0.15, 0.2) is 0 Å². The Hall–Kier alpha value is -3.22. The highest BCUT2D eigenvalue weighted by molar-refractivity contribution is 5.82. The standard InChI is InChI=1S/C20H20FN3O3/c1-3-13(2)22-18(25)12-23-17-7-5-4-6-16(17)19(26)24(20(23)27)15-10-8-14(21)9-11-15/h4-11,13H,3,12H2,1-2H3,(H,22,25)/t13-/m1/s1. The van der Waals surface area contributed by atoms with Crippen LogP contribution in [0.2, 0.25) is 0 Å². The Bertz CT molecular complexity index is 1100. The van der Waals surface area contributed by atoms with Crippen molar-refractivity contribution in [3.8, 4) is 5.69 Å². The van der Waals surface area contributed by atoms with Crippen LogP contribution in [0.3, 0.4) is 0 Å². The van der Waals surface area contributed by atoms with Gasteiger partial charge in [0.1, 0.15) is 12.4 Å². The first-order valence-electron chi connectivity index (χ1n) is 8.72. The third kappa shape index (κ3) is 3.67. The third-order valence-electron chi connectivity index (χ3n) is 4.46. The second kappa shape index (κ2) is 7.57. The van der Waals surface area contributed by atoms with E-state index < -0.39 is 17.1 Å². The van der Waals surface area contributed by atoms with Crippen LogP contribution in [0.1, 0.15) is 20.3 Å². The molecule has 0 aliphatic heterocycles. The Balaban J connectivity index is 2.20. The molecule has 0 fully saturated rings. The van der Waals surface area contributed by atoms with E-state index in [0.717, 1.165) is 11.0 Å². The molecule has 6 nitrogen and oxygen atoms in total. The lowest BCUT2D eigenvalue weighted by molar-refractivity contribution is -0.122. The molecule has 2 aromatic carbocycles. The minimum atomic E-state index is -0.649. The van der Waals surface area contributed by atoms with E-state index in [9.17, 15) is 18.8 Å². The highest BCUT2D eigenvalue weighted by Gasteiger charge is 2.17. The van der Waals surface area contributed by atoms with Gasteiger partial charge >= 0.3 is 5.69 Å². The van der Waals surface area contributed by atoms with Crippen LogP contribution < -0.4 is 16.6 Å². The van der Waals surface area contributed by atoms with Crippen molar-refractivity contribution in [1.82, 2.24) is 14.5 Å². The predicted molar refractivity (Wildman–Crippen MR) is 102 cm³/mol. The monoisotopic (exact) mass is 369 g/mol. The van der Waals surface area contributed by atoms with Crippen LogP contribution in [0.25, 0.3) is 16.6 Å². The van der Waals surface area contributed by atoms with Crippen LogP contribution in [0.4, 0.5) is 4.39 Å². The lowest BCUT2D eigenvalue weighted by atomic mass is 10.2. The van der Waals surface area contributed by atoms with Crippen molar-refractivity contribution in [2.75, 3.05) is 0 Å². The van der Waals surface area contributed by atoms with Gasteiger partial charge in [-0.25, -0.2) is 13.8 Å². The van der Waals surface area contributed by atoms with Gasteiger partial charge in [-0.3, -0.25) is 14.2 Å². The fourth-order valence-electron chi connectivity index (χ4n) is 2.86. The number of hydrogen-bond acceptors (Lipinski definition) is 3. The van der Waals surface area contributed by atoms with Crippen LogP contribution >= 0.6 is 0 Å². The van der Waals surface area contributed by atoms with E-state index in [1.807, 2.05) is 13.8 Å². The average molecular weight is 369 g/mol. The van der Waals surface area contributed by atoms with E-state index in [1.165, 1.54) is 28.8 Å². The fraction of sp³-hybridized carbons (Fsp3) is 0.250. The number of carbonyl (C=O) groups excluding carboxylic acids is 1. The molecule has 0 radical (unpaired) electrons. The smallest absolute Gasteiger partial charge is 0.336 e. The fourth-order valence-corrected chi connectivity index (χ4v) is 2.86. The minimum Gasteiger partial charge on any atom is -0.352 e. The molecule has 0 aliphatic carbocycles. The number of nitrogens with one attached hydrogen (secondary N) is 1. The topological polar surface area (TPSA) is 73.1 Å². The van der Waals surface area contributed by atoms with Crippen LogP contribution in [0.5, 0.6) is 0 Å². The summed E-state index contributed by atoms with van der Waals surface area (Å²) in [5.41, 5.74) is -0.538. The molecule has 0 unspecified atom stereocenters. The second-order valence-electron chi connectivity index (χ2n) is 6.38. The highest BCUT2D eigenvalue weighted by atomic mass is 19.1. The average Bonchev–Trinajstić information content (AvgIpc) is 2.66. The first-order valence-corrected chi connectivity index (χ1v) is 8.72. The summed E-state index contributed by atoms with van der Waals surface area (Å²) in [5, 5.41) is 3.12. The number of nitrogens with zero attached hydrogens (tertiary/aromatic N) is 2. The Morgan fingerprint density at radius 1 is 1.11 bits per heavy atom. The van der Waals surface area contributed by atoms with Gasteiger partial charge < -0.3 is 5.32 Å². The second-order valence-corrected chi connectivity index (χ2v) is 6.38. The molecule has 1 N–H and O–H groups in total. The van der Waals surface area contributed by atoms with Gasteiger partial charge in [0.05, 0.1) is 16.6 Å². The van der Waals surface area contributed by atoms with Crippen molar-refractivity contribution in [2.24, 2.45) is 0 Å². The first kappa shape index (κ1) is 18.6. The summed E-state index contributed by atoms with van der Waals surface area (Å²) < 4.78 is 15.5. The summed E-state index contributed by atoms with van der Waals surface area (Å²) in [6, 6.07) is 11.7. The van der Waals surface area contributed by atoms with E-state index in [0.29, 0.717) is 10.9 Å². The number of benzene rings is 2. The minimum absolute atomic E-state index is 0.0255. The maximum atomic E-state index is 13.2. The molecule has 0 saturated heterocycles. The van der Waals surface area contributed by atoms with Crippen molar-refractivity contribution in [3.05, 3.63) is 75.2 Å². The first-order chi connectivity index (χ1) is 12.9. The molecular weight excluding hydrogens is 349 g/mol. The van der Waals surface area contributed by atoms with Gasteiger partial charge in [0.25, 0.3) is 5.56 Å². The molecule has 1 heterocycles. The molecule has 1 amide bonds. The number of halogens is 1. The molecule has 0 saturated carbocycles. The lowest BCUT2D eigenvalue weighted by Crippen LogP contribution is -2.43. The van der Waals surface area contributed by atoms with Gasteiger partial charge in [0, 0.05) is 6.04 Å². The van der Waals surface area contributed by atoms with E-state index in [2.05, 4.69) is 5.32 Å². The SMILES string of the molecule is CC[C@@H](C)NC(=O)Cn1c(=O)n(-c2ccc(F)cc2)c(=O)c2ccccc21. The molecule has 140 valence electrons. The van der Waals surface area contributed by atoms with Crippen LogP contribution in [0.15, 0.2) is 58.1 Å². The van der Waals surface area contributed by atoms with Gasteiger partial charge in [-0.15, -0.1) is 0 Å². The molecular formula is C20H20FN3O3. The van der Waals surface area contributed by atoms with Crippen molar-refractivity contribution in [2.45, 2.75) is 32.9 Å². The predicted octanol–water partition coefficient (Wildman–Crippen LogP) is 2.21. The number of fused-ring (bicyclic) bond motifs is 1. The van der Waals surface area contributed by atoms with Crippen LogP contribution in [-0.2, 0) is 11.3 Å². The van der Waals surface area contributed by atoms with E-state index >= 15 is 0 Å². The Morgan fingerprint density at radius 2 is 1.78 bits per heavy atom. The van der Waals surface area contributed by atoms with Gasteiger partial charge in [0.2, 0.25) is 5.91 Å². The normalized spacial score (nSPS) is 12.1. The van der Waals surface area contributed by atoms with Gasteiger partial charge in [-0.05, 0) is 49.7 Å². The number of hydrogen-bond donors (Lipinski definition) is 1. The van der Waals surface area contributed by atoms with E-state index in [1.54, 1.807) is 24.3 Å². The summed E-state index contributed by atoms with van der Waals surface area (Å²) in [5.74, 6) is -0.790. The number of rotatable bonds is 5. The maximum absolute atomic E-state index is 13.2. The summed E-state index contributed by atoms with van der Waals surface area (Å²) in [6.45, 7) is 3.60. The zero-order valence-corrected chi connectivity index (χ0v) is 15.1. The Morgan fingerprint density at radius 3 is 2.44 bits per heavy atom. The third-order valence-corrected chi connectivity index (χ3v) is 4.46. The number of aromatic nitrogens is 2. The van der Waals surface area contributed by atoms with Crippen molar-refractivity contribution < 1.29 is 9.18 Å². The Labute approximate surface area is 154 Å². The molecule has 7 heteroatoms. The molecule has 27 heavy (non-hydrogen) atoms. The summed E-state index contributed by atoms with van der Waals surface area (Å²) in [6.07, 6.45) is 0.760. The summed E-state index contributed by atoms with van der Waals surface area (Å²) in [4.78, 5) is 38.2. The molecule has 1 atom stereocenters. The largest absolute Gasteiger partial charge is 0.352 e. The highest BCUT2D eigenvalue weighted by Crippen LogP contribution is 2.11. The molecule has 1 aromatic heterocycles. The zero-order chi connectivity index (χ0) is 19.6. The lowest BCUT2D eigenvalue weighted by Gasteiger charge is -2.16. The van der Waals surface area contributed by atoms with Crippen LogP contribution in [-0.4, -0.2) is 21.1 Å². The van der Waals surface area contributed by atoms with Crippen LogP contribution in [0, 0.1) is 5.82 Å². The molecule has 3 rings (SSSR count). The van der Waals surface area contributed by atoms with Crippen molar-refractivity contribution in [3.63, 3.8) is 0 Å². The Kier molecular flexibility index (Phi) is 5.21. The van der Waals surface area contributed by atoms with Crippen molar-refractivity contribution in [1.29, 1.82) is 0 Å². The van der Waals surface area contributed by atoms with E-state index in [-0.39, 0.29) is 24.2 Å². The summed E-state index contributed by atoms with van der Waals surface area (Å²) in [7, 11) is 0. The maximum Gasteiger partial charge on any atom is 0.336 e. The number of para-hydroxylation sites is 1.